The lowest BCUT2D eigenvalue weighted by molar-refractivity contribution is 0.295. The smallest absolute Gasteiger partial charge is 0.0738 e. The summed E-state index contributed by atoms with van der Waals surface area (Å²) in [6.07, 6.45) is 4.27. The standard InChI is InChI=1S/C24H30ClN3/c1-4-28(5-2)15-9-10-18(3)27-24-21-14-13-20(25)16-23(21)26-17-22(24)19-11-7-6-8-12-19/h6-8,11-14,16-18H,4-5,9-10,15H2,1-3H3,(H,26,27)/t18-/m0/s1. The number of halogens is 1. The third-order valence-corrected chi connectivity index (χ3v) is 5.55. The number of rotatable bonds is 9. The van der Waals surface area contributed by atoms with E-state index in [-0.39, 0.29) is 0 Å². The van der Waals surface area contributed by atoms with Crippen LogP contribution in [0.3, 0.4) is 0 Å². The molecule has 0 fully saturated rings. The Morgan fingerprint density at radius 2 is 1.82 bits per heavy atom. The maximum Gasteiger partial charge on any atom is 0.0738 e. The summed E-state index contributed by atoms with van der Waals surface area (Å²) in [5, 5.41) is 5.61. The molecule has 3 aromatic rings. The fourth-order valence-corrected chi connectivity index (χ4v) is 3.80. The van der Waals surface area contributed by atoms with Gasteiger partial charge in [-0.1, -0.05) is 55.8 Å². The zero-order chi connectivity index (χ0) is 19.9. The number of anilines is 1. The summed E-state index contributed by atoms with van der Waals surface area (Å²) in [6, 6.07) is 16.8. The van der Waals surface area contributed by atoms with Crippen LogP contribution in [0.2, 0.25) is 5.02 Å². The van der Waals surface area contributed by atoms with Crippen molar-refractivity contribution in [2.45, 2.75) is 39.7 Å². The van der Waals surface area contributed by atoms with Crippen molar-refractivity contribution in [3.63, 3.8) is 0 Å². The second-order valence-electron chi connectivity index (χ2n) is 7.29. The van der Waals surface area contributed by atoms with Crippen molar-refractivity contribution in [2.75, 3.05) is 25.0 Å². The average molecular weight is 396 g/mol. The molecule has 0 amide bonds. The van der Waals surface area contributed by atoms with Crippen LogP contribution >= 0.6 is 11.6 Å². The molecular weight excluding hydrogens is 366 g/mol. The lowest BCUT2D eigenvalue weighted by Gasteiger charge is -2.22. The fourth-order valence-electron chi connectivity index (χ4n) is 3.64. The van der Waals surface area contributed by atoms with E-state index in [2.05, 4.69) is 66.3 Å². The summed E-state index contributed by atoms with van der Waals surface area (Å²) < 4.78 is 0. The van der Waals surface area contributed by atoms with E-state index >= 15 is 0 Å². The summed E-state index contributed by atoms with van der Waals surface area (Å²) >= 11 is 6.19. The Hall–Kier alpha value is -2.10. The number of pyridine rings is 1. The van der Waals surface area contributed by atoms with Crippen LogP contribution in [0.4, 0.5) is 5.69 Å². The van der Waals surface area contributed by atoms with E-state index in [0.717, 1.165) is 48.2 Å². The van der Waals surface area contributed by atoms with Gasteiger partial charge in [0.05, 0.1) is 11.2 Å². The molecule has 0 bridgehead atoms. The Kier molecular flexibility index (Phi) is 7.30. The van der Waals surface area contributed by atoms with Crippen LogP contribution in [0, 0.1) is 0 Å². The Bertz CT molecular complexity index is 891. The molecule has 1 aromatic heterocycles. The molecule has 0 radical (unpaired) electrons. The van der Waals surface area contributed by atoms with E-state index in [4.69, 9.17) is 11.6 Å². The molecule has 3 nitrogen and oxygen atoms in total. The summed E-state index contributed by atoms with van der Waals surface area (Å²) in [7, 11) is 0. The molecule has 0 aliphatic rings. The number of benzene rings is 2. The molecule has 0 aliphatic heterocycles. The molecule has 3 rings (SSSR count). The maximum absolute atomic E-state index is 6.19. The minimum Gasteiger partial charge on any atom is -0.381 e. The van der Waals surface area contributed by atoms with Gasteiger partial charge in [-0.15, -0.1) is 0 Å². The van der Waals surface area contributed by atoms with Crippen LogP contribution in [0.5, 0.6) is 0 Å². The minimum atomic E-state index is 0.374. The second kappa shape index (κ2) is 9.90. The Morgan fingerprint density at radius 1 is 1.07 bits per heavy atom. The molecule has 0 aliphatic carbocycles. The zero-order valence-corrected chi connectivity index (χ0v) is 17.8. The van der Waals surface area contributed by atoms with E-state index in [1.165, 1.54) is 12.0 Å². The Labute approximate surface area is 173 Å². The number of fused-ring (bicyclic) bond motifs is 1. The molecule has 28 heavy (non-hydrogen) atoms. The van der Waals surface area contributed by atoms with Gasteiger partial charge in [-0.05, 0) is 63.2 Å². The van der Waals surface area contributed by atoms with E-state index in [0.29, 0.717) is 11.1 Å². The van der Waals surface area contributed by atoms with E-state index < -0.39 is 0 Å². The van der Waals surface area contributed by atoms with Crippen molar-refractivity contribution in [2.24, 2.45) is 0 Å². The largest absolute Gasteiger partial charge is 0.381 e. The molecule has 0 saturated heterocycles. The molecule has 0 saturated carbocycles. The quantitative estimate of drug-likeness (QED) is 0.449. The highest BCUT2D eigenvalue weighted by Crippen LogP contribution is 2.35. The first-order valence-corrected chi connectivity index (χ1v) is 10.6. The van der Waals surface area contributed by atoms with Crippen molar-refractivity contribution >= 4 is 28.2 Å². The van der Waals surface area contributed by atoms with Crippen molar-refractivity contribution < 1.29 is 0 Å². The molecule has 1 heterocycles. The molecule has 0 spiro atoms. The van der Waals surface area contributed by atoms with Gasteiger partial charge < -0.3 is 10.2 Å². The van der Waals surface area contributed by atoms with Crippen LogP contribution in [-0.2, 0) is 0 Å². The predicted octanol–water partition coefficient (Wildman–Crippen LogP) is 6.48. The topological polar surface area (TPSA) is 28.2 Å². The highest BCUT2D eigenvalue weighted by molar-refractivity contribution is 6.31. The second-order valence-corrected chi connectivity index (χ2v) is 7.73. The summed E-state index contributed by atoms with van der Waals surface area (Å²) in [6.45, 7) is 10.1. The van der Waals surface area contributed by atoms with Crippen molar-refractivity contribution in [1.82, 2.24) is 9.88 Å². The van der Waals surface area contributed by atoms with Gasteiger partial charge in [0.25, 0.3) is 0 Å². The van der Waals surface area contributed by atoms with Gasteiger partial charge in [-0.25, -0.2) is 0 Å². The minimum absolute atomic E-state index is 0.374. The van der Waals surface area contributed by atoms with Gasteiger partial charge in [0.1, 0.15) is 0 Å². The first kappa shape index (κ1) is 20.6. The molecule has 1 atom stereocenters. The van der Waals surface area contributed by atoms with Crippen molar-refractivity contribution in [3.8, 4) is 11.1 Å². The fraction of sp³-hybridized carbons (Fsp3) is 0.375. The monoisotopic (exact) mass is 395 g/mol. The maximum atomic E-state index is 6.19. The number of hydrogen-bond donors (Lipinski definition) is 1. The van der Waals surface area contributed by atoms with Gasteiger partial charge in [0.15, 0.2) is 0 Å². The average Bonchev–Trinajstić information content (AvgIpc) is 2.72. The van der Waals surface area contributed by atoms with Gasteiger partial charge in [0, 0.05) is 28.2 Å². The number of nitrogens with zero attached hydrogens (tertiary/aromatic N) is 2. The van der Waals surface area contributed by atoms with Gasteiger partial charge in [-0.3, -0.25) is 4.98 Å². The number of nitrogens with one attached hydrogen (secondary N) is 1. The third-order valence-electron chi connectivity index (χ3n) is 5.31. The number of aromatic nitrogens is 1. The van der Waals surface area contributed by atoms with E-state index in [1.807, 2.05) is 24.4 Å². The van der Waals surface area contributed by atoms with Gasteiger partial charge in [0.2, 0.25) is 0 Å². The Balaban J connectivity index is 1.87. The van der Waals surface area contributed by atoms with Gasteiger partial charge in [-0.2, -0.15) is 0 Å². The van der Waals surface area contributed by atoms with Crippen LogP contribution in [0.1, 0.15) is 33.6 Å². The highest BCUT2D eigenvalue weighted by Gasteiger charge is 2.14. The van der Waals surface area contributed by atoms with Crippen LogP contribution < -0.4 is 5.32 Å². The van der Waals surface area contributed by atoms with Crippen LogP contribution in [0.15, 0.2) is 54.7 Å². The molecule has 2 aromatic carbocycles. The zero-order valence-electron chi connectivity index (χ0n) is 17.1. The molecule has 0 unspecified atom stereocenters. The molecule has 4 heteroatoms. The van der Waals surface area contributed by atoms with Crippen LogP contribution in [-0.4, -0.2) is 35.6 Å². The summed E-state index contributed by atoms with van der Waals surface area (Å²) in [5.41, 5.74) is 4.36. The molecule has 1 N–H and O–H groups in total. The van der Waals surface area contributed by atoms with Crippen molar-refractivity contribution in [1.29, 1.82) is 0 Å². The summed E-state index contributed by atoms with van der Waals surface area (Å²) in [4.78, 5) is 7.14. The van der Waals surface area contributed by atoms with E-state index in [9.17, 15) is 0 Å². The predicted molar refractivity (Wildman–Crippen MR) is 122 cm³/mol. The van der Waals surface area contributed by atoms with Crippen LogP contribution in [0.25, 0.3) is 22.0 Å². The Morgan fingerprint density at radius 3 is 2.54 bits per heavy atom. The van der Waals surface area contributed by atoms with Gasteiger partial charge >= 0.3 is 0 Å². The summed E-state index contributed by atoms with van der Waals surface area (Å²) in [5.74, 6) is 0. The first-order chi connectivity index (χ1) is 13.6. The first-order valence-electron chi connectivity index (χ1n) is 10.2. The highest BCUT2D eigenvalue weighted by atomic mass is 35.5. The SMILES string of the molecule is CCN(CC)CCC[C@H](C)Nc1c(-c2ccccc2)cnc2cc(Cl)ccc12. The third kappa shape index (κ3) is 5.03. The normalized spacial score (nSPS) is 12.5. The lowest BCUT2D eigenvalue weighted by Crippen LogP contribution is -2.25. The lowest BCUT2D eigenvalue weighted by atomic mass is 10.0. The molecular formula is C24H30ClN3. The van der Waals surface area contributed by atoms with Crippen molar-refractivity contribution in [3.05, 3.63) is 59.8 Å². The number of hydrogen-bond acceptors (Lipinski definition) is 3. The van der Waals surface area contributed by atoms with E-state index in [1.54, 1.807) is 0 Å². The molecule has 148 valence electrons.